The van der Waals surface area contributed by atoms with Gasteiger partial charge in [-0.1, -0.05) is 0 Å². The summed E-state index contributed by atoms with van der Waals surface area (Å²) in [5.74, 6) is 0.768. The maximum absolute atomic E-state index is 12.1. The number of nitrogens with zero attached hydrogens (tertiary/aromatic N) is 2. The van der Waals surface area contributed by atoms with E-state index in [0.717, 1.165) is 11.3 Å². The normalized spacial score (nSPS) is 10.8. The first-order valence-corrected chi connectivity index (χ1v) is 9.63. The van der Waals surface area contributed by atoms with Crippen LogP contribution < -0.4 is 14.2 Å². The fourth-order valence-corrected chi connectivity index (χ4v) is 3.43. The van der Waals surface area contributed by atoms with E-state index < -0.39 is 5.97 Å². The number of aromatic carboxylic acids is 1. The van der Waals surface area contributed by atoms with E-state index in [4.69, 9.17) is 14.2 Å². The van der Waals surface area contributed by atoms with Gasteiger partial charge >= 0.3 is 5.97 Å². The van der Waals surface area contributed by atoms with E-state index >= 15 is 0 Å². The Bertz CT molecular complexity index is 1250. The number of methoxy groups -OCH3 is 2. The van der Waals surface area contributed by atoms with Crippen LogP contribution in [0.2, 0.25) is 0 Å². The van der Waals surface area contributed by atoms with Gasteiger partial charge in [-0.05, 0) is 55.5 Å². The van der Waals surface area contributed by atoms with E-state index in [1.54, 1.807) is 31.4 Å². The molecule has 2 N–H and O–H groups in total. The Balaban J connectivity index is 1.85. The molecule has 0 aliphatic rings. The second-order valence-corrected chi connectivity index (χ2v) is 6.68. The van der Waals surface area contributed by atoms with Crippen LogP contribution in [0.5, 0.6) is 17.2 Å². The zero-order chi connectivity index (χ0) is 22.0. The molecule has 0 fully saturated rings. The minimum Gasteiger partial charge on any atom is -0.494 e. The predicted molar refractivity (Wildman–Crippen MR) is 116 cm³/mol. The van der Waals surface area contributed by atoms with Crippen molar-refractivity contribution in [2.75, 3.05) is 20.8 Å². The SMILES string of the molecule is CCOc1ccc(-c2[nH]nc3nc(-c4ccc(OC)c(OC)c4)cc(C(=O)O)c23)cc1. The Morgan fingerprint density at radius 2 is 1.71 bits per heavy atom. The molecule has 0 saturated carbocycles. The lowest BCUT2D eigenvalue weighted by Crippen LogP contribution is -2.00. The van der Waals surface area contributed by atoms with Crippen LogP contribution in [0.1, 0.15) is 17.3 Å². The Morgan fingerprint density at radius 3 is 2.35 bits per heavy atom. The summed E-state index contributed by atoms with van der Waals surface area (Å²) < 4.78 is 16.1. The molecule has 0 aliphatic heterocycles. The van der Waals surface area contributed by atoms with Gasteiger partial charge in [0.2, 0.25) is 0 Å². The Labute approximate surface area is 178 Å². The van der Waals surface area contributed by atoms with Crippen LogP contribution in [0.4, 0.5) is 0 Å². The Morgan fingerprint density at radius 1 is 1.00 bits per heavy atom. The molecule has 2 aromatic carbocycles. The van der Waals surface area contributed by atoms with Gasteiger partial charge in [0.1, 0.15) is 5.75 Å². The quantitative estimate of drug-likeness (QED) is 0.457. The van der Waals surface area contributed by atoms with Gasteiger partial charge in [0.15, 0.2) is 17.1 Å². The van der Waals surface area contributed by atoms with Crippen molar-refractivity contribution in [1.82, 2.24) is 15.2 Å². The third kappa shape index (κ3) is 3.75. The lowest BCUT2D eigenvalue weighted by atomic mass is 10.0. The molecule has 0 bridgehead atoms. The monoisotopic (exact) mass is 419 g/mol. The first-order chi connectivity index (χ1) is 15.0. The number of hydrogen-bond donors (Lipinski definition) is 2. The minimum absolute atomic E-state index is 0.104. The van der Waals surface area contributed by atoms with E-state index in [2.05, 4.69) is 15.2 Å². The van der Waals surface area contributed by atoms with Crippen LogP contribution in [0.3, 0.4) is 0 Å². The first kappa shape index (κ1) is 20.2. The maximum Gasteiger partial charge on any atom is 0.336 e. The predicted octanol–water partition coefficient (Wildman–Crippen LogP) is 4.41. The zero-order valence-electron chi connectivity index (χ0n) is 17.3. The molecule has 2 heterocycles. The van der Waals surface area contributed by atoms with Crippen LogP contribution in [-0.4, -0.2) is 47.1 Å². The standard InChI is InChI=1S/C23H21N3O5/c1-4-31-15-8-5-13(6-9-15)21-20-16(23(27)28)12-17(24-22(20)26-25-21)14-7-10-18(29-2)19(11-14)30-3/h5-12H,4H2,1-3H3,(H,27,28)(H,24,25,26). The van der Waals surface area contributed by atoms with Crippen molar-refractivity contribution in [2.24, 2.45) is 0 Å². The molecule has 2 aromatic heterocycles. The summed E-state index contributed by atoms with van der Waals surface area (Å²) in [6.07, 6.45) is 0. The molecule has 0 amide bonds. The number of pyridine rings is 1. The van der Waals surface area contributed by atoms with Crippen LogP contribution in [-0.2, 0) is 0 Å². The summed E-state index contributed by atoms with van der Waals surface area (Å²) in [5.41, 5.74) is 2.94. The molecule has 31 heavy (non-hydrogen) atoms. The fourth-order valence-electron chi connectivity index (χ4n) is 3.43. The van der Waals surface area contributed by atoms with Gasteiger partial charge in [-0.25, -0.2) is 9.78 Å². The molecule has 4 aromatic rings. The van der Waals surface area contributed by atoms with Gasteiger partial charge in [0.25, 0.3) is 0 Å². The molecule has 0 atom stereocenters. The highest BCUT2D eigenvalue weighted by Gasteiger charge is 2.20. The third-order valence-electron chi connectivity index (χ3n) is 4.89. The summed E-state index contributed by atoms with van der Waals surface area (Å²) in [4.78, 5) is 16.7. The largest absolute Gasteiger partial charge is 0.494 e. The van der Waals surface area contributed by atoms with Gasteiger partial charge in [-0.15, -0.1) is 0 Å². The smallest absolute Gasteiger partial charge is 0.336 e. The topological polar surface area (TPSA) is 107 Å². The number of rotatable bonds is 7. The van der Waals surface area contributed by atoms with Crippen LogP contribution in [0.15, 0.2) is 48.5 Å². The molecule has 8 heteroatoms. The number of hydrogen-bond acceptors (Lipinski definition) is 6. The molecule has 8 nitrogen and oxygen atoms in total. The molecule has 0 spiro atoms. The summed E-state index contributed by atoms with van der Waals surface area (Å²) in [6, 6.07) is 14.2. The summed E-state index contributed by atoms with van der Waals surface area (Å²) >= 11 is 0. The second-order valence-electron chi connectivity index (χ2n) is 6.68. The number of ether oxygens (including phenoxy) is 3. The molecule has 4 rings (SSSR count). The molecule has 0 aliphatic carbocycles. The zero-order valence-corrected chi connectivity index (χ0v) is 17.3. The number of carboxylic acids is 1. The van der Waals surface area contributed by atoms with Gasteiger partial charge in [-0.3, -0.25) is 5.10 Å². The molecule has 158 valence electrons. The van der Waals surface area contributed by atoms with Crippen molar-refractivity contribution in [2.45, 2.75) is 6.92 Å². The van der Waals surface area contributed by atoms with Crippen molar-refractivity contribution in [3.05, 3.63) is 54.1 Å². The maximum atomic E-state index is 12.1. The number of nitrogens with one attached hydrogen (secondary N) is 1. The van der Waals surface area contributed by atoms with Crippen molar-refractivity contribution in [3.63, 3.8) is 0 Å². The average Bonchev–Trinajstić information content (AvgIpc) is 3.22. The molecular weight excluding hydrogens is 398 g/mol. The first-order valence-electron chi connectivity index (χ1n) is 9.63. The number of H-pyrrole nitrogens is 1. The highest BCUT2D eigenvalue weighted by molar-refractivity contribution is 6.08. The summed E-state index contributed by atoms with van der Waals surface area (Å²) in [6.45, 7) is 2.48. The van der Waals surface area contributed by atoms with E-state index in [-0.39, 0.29) is 5.56 Å². The van der Waals surface area contributed by atoms with Crippen molar-refractivity contribution in [3.8, 4) is 39.8 Å². The minimum atomic E-state index is -1.07. The molecule has 0 radical (unpaired) electrons. The molecule has 0 saturated heterocycles. The van der Waals surface area contributed by atoms with Crippen LogP contribution in [0.25, 0.3) is 33.5 Å². The molecule has 0 unspecified atom stereocenters. The van der Waals surface area contributed by atoms with Gasteiger partial charge in [0.05, 0.1) is 43.2 Å². The van der Waals surface area contributed by atoms with Crippen LogP contribution >= 0.6 is 0 Å². The summed E-state index contributed by atoms with van der Waals surface area (Å²) in [7, 11) is 3.09. The van der Waals surface area contributed by atoms with Crippen LogP contribution in [0, 0.1) is 0 Å². The molecular formula is C23H21N3O5. The van der Waals surface area contributed by atoms with E-state index in [9.17, 15) is 9.90 Å². The van der Waals surface area contributed by atoms with Crippen molar-refractivity contribution in [1.29, 1.82) is 0 Å². The lowest BCUT2D eigenvalue weighted by Gasteiger charge is -2.10. The van der Waals surface area contributed by atoms with E-state index in [0.29, 0.717) is 46.1 Å². The number of aromatic amines is 1. The Kier molecular flexibility index (Phi) is 5.44. The third-order valence-corrected chi connectivity index (χ3v) is 4.89. The van der Waals surface area contributed by atoms with E-state index in [1.165, 1.54) is 7.11 Å². The van der Waals surface area contributed by atoms with Gasteiger partial charge in [0, 0.05) is 11.1 Å². The number of carboxylic acid groups (broad SMARTS) is 1. The fraction of sp³-hybridized carbons (Fsp3) is 0.174. The van der Waals surface area contributed by atoms with E-state index in [1.807, 2.05) is 31.2 Å². The lowest BCUT2D eigenvalue weighted by molar-refractivity contribution is 0.0699. The number of carbonyl (C=O) groups is 1. The average molecular weight is 419 g/mol. The number of fused-ring (bicyclic) bond motifs is 1. The Hall–Kier alpha value is -4.07. The van der Waals surface area contributed by atoms with Crippen molar-refractivity contribution >= 4 is 17.0 Å². The highest BCUT2D eigenvalue weighted by Crippen LogP contribution is 2.35. The summed E-state index contributed by atoms with van der Waals surface area (Å²) in [5, 5.41) is 17.6. The van der Waals surface area contributed by atoms with Crippen molar-refractivity contribution < 1.29 is 24.1 Å². The van der Waals surface area contributed by atoms with Gasteiger partial charge < -0.3 is 19.3 Å². The second kappa shape index (κ2) is 8.35. The number of aromatic nitrogens is 3. The number of benzene rings is 2. The highest BCUT2D eigenvalue weighted by atomic mass is 16.5. The van der Waals surface area contributed by atoms with Gasteiger partial charge in [-0.2, -0.15) is 5.10 Å².